The average molecular weight is 348 g/mol. The van der Waals surface area contributed by atoms with Gasteiger partial charge >= 0.3 is 6.03 Å². The summed E-state index contributed by atoms with van der Waals surface area (Å²) >= 11 is 6.04. The van der Waals surface area contributed by atoms with Crippen LogP contribution in [0.1, 0.15) is 6.92 Å². The summed E-state index contributed by atoms with van der Waals surface area (Å²) in [6, 6.07) is 13.8. The molecule has 0 fully saturated rings. The third-order valence-electron chi connectivity index (χ3n) is 2.93. The van der Waals surface area contributed by atoms with Gasteiger partial charge in [-0.05, 0) is 30.3 Å². The molecule has 0 saturated carbocycles. The van der Waals surface area contributed by atoms with Crippen LogP contribution in [-0.4, -0.2) is 25.1 Å². The number of urea groups is 1. The second kappa shape index (κ2) is 8.79. The van der Waals surface area contributed by atoms with Crippen molar-refractivity contribution in [3.63, 3.8) is 0 Å². The third kappa shape index (κ3) is 5.81. The molecule has 2 aromatic carbocycles. The highest BCUT2D eigenvalue weighted by molar-refractivity contribution is 6.33. The number of ether oxygens (including phenoxy) is 1. The van der Waals surface area contributed by atoms with Crippen molar-refractivity contribution in [3.8, 4) is 5.75 Å². The van der Waals surface area contributed by atoms with Crippen molar-refractivity contribution < 1.29 is 14.3 Å². The zero-order valence-corrected chi connectivity index (χ0v) is 13.9. The maximum atomic E-state index is 11.9. The minimum Gasteiger partial charge on any atom is -0.492 e. The minimum atomic E-state index is -0.409. The van der Waals surface area contributed by atoms with E-state index >= 15 is 0 Å². The number of amides is 3. The molecule has 2 aromatic rings. The van der Waals surface area contributed by atoms with Gasteiger partial charge in [-0.25, -0.2) is 4.79 Å². The number of hydrogen-bond acceptors (Lipinski definition) is 3. The highest BCUT2D eigenvalue weighted by Gasteiger charge is 2.07. The molecule has 3 amide bonds. The van der Waals surface area contributed by atoms with Crippen LogP contribution in [0.3, 0.4) is 0 Å². The first-order valence-electron chi connectivity index (χ1n) is 7.34. The Labute approximate surface area is 145 Å². The zero-order valence-electron chi connectivity index (χ0n) is 13.1. The fraction of sp³-hybridized carbons (Fsp3) is 0.176. The van der Waals surface area contributed by atoms with E-state index in [-0.39, 0.29) is 5.91 Å². The average Bonchev–Trinajstić information content (AvgIpc) is 2.55. The van der Waals surface area contributed by atoms with E-state index in [1.54, 1.807) is 18.2 Å². The number of rotatable bonds is 6. The van der Waals surface area contributed by atoms with Gasteiger partial charge in [0.25, 0.3) is 0 Å². The third-order valence-corrected chi connectivity index (χ3v) is 3.26. The van der Waals surface area contributed by atoms with Gasteiger partial charge in [-0.1, -0.05) is 29.8 Å². The quantitative estimate of drug-likeness (QED) is 0.700. The lowest BCUT2D eigenvalue weighted by Gasteiger charge is -2.11. The molecule has 0 aliphatic carbocycles. The Morgan fingerprint density at radius 3 is 2.54 bits per heavy atom. The van der Waals surface area contributed by atoms with Crippen LogP contribution in [0, 0.1) is 0 Å². The van der Waals surface area contributed by atoms with Gasteiger partial charge in [0.1, 0.15) is 12.4 Å². The van der Waals surface area contributed by atoms with Crippen molar-refractivity contribution in [2.45, 2.75) is 6.92 Å². The first-order chi connectivity index (χ1) is 11.5. The maximum absolute atomic E-state index is 11.9. The van der Waals surface area contributed by atoms with Crippen LogP contribution in [0.4, 0.5) is 16.2 Å². The van der Waals surface area contributed by atoms with Crippen molar-refractivity contribution in [2.75, 3.05) is 23.8 Å². The van der Waals surface area contributed by atoms with Crippen molar-refractivity contribution in [1.82, 2.24) is 5.32 Å². The lowest BCUT2D eigenvalue weighted by Crippen LogP contribution is -2.32. The van der Waals surface area contributed by atoms with E-state index in [4.69, 9.17) is 16.3 Å². The topological polar surface area (TPSA) is 79.5 Å². The molecule has 0 aliphatic heterocycles. The summed E-state index contributed by atoms with van der Waals surface area (Å²) in [7, 11) is 0. The van der Waals surface area contributed by atoms with Gasteiger partial charge in [-0.15, -0.1) is 0 Å². The molecule has 0 saturated heterocycles. The summed E-state index contributed by atoms with van der Waals surface area (Å²) in [4.78, 5) is 23.0. The molecule has 0 aromatic heterocycles. The Morgan fingerprint density at radius 2 is 1.83 bits per heavy atom. The molecule has 0 atom stereocenters. The summed E-state index contributed by atoms with van der Waals surface area (Å²) in [6.07, 6.45) is 0. The Morgan fingerprint density at radius 1 is 1.08 bits per heavy atom. The van der Waals surface area contributed by atoms with Crippen molar-refractivity contribution >= 4 is 34.9 Å². The predicted octanol–water partition coefficient (Wildman–Crippen LogP) is 3.50. The molecule has 0 aliphatic rings. The normalized spacial score (nSPS) is 9.92. The smallest absolute Gasteiger partial charge is 0.319 e. The Balaban J connectivity index is 1.80. The number of halogens is 1. The summed E-state index contributed by atoms with van der Waals surface area (Å²) in [5.41, 5.74) is 0.957. The number of benzene rings is 2. The monoisotopic (exact) mass is 347 g/mol. The first-order valence-corrected chi connectivity index (χ1v) is 7.72. The minimum absolute atomic E-state index is 0.203. The summed E-state index contributed by atoms with van der Waals surface area (Å²) < 4.78 is 5.48. The number of carbonyl (C=O) groups is 2. The molecule has 0 unspecified atom stereocenters. The van der Waals surface area contributed by atoms with Gasteiger partial charge in [0.2, 0.25) is 5.91 Å². The van der Waals surface area contributed by atoms with Crippen LogP contribution >= 0.6 is 11.6 Å². The van der Waals surface area contributed by atoms with Crippen LogP contribution < -0.4 is 20.7 Å². The number of para-hydroxylation sites is 1. The van der Waals surface area contributed by atoms with Crippen molar-refractivity contribution in [3.05, 3.63) is 53.6 Å². The van der Waals surface area contributed by atoms with Crippen LogP contribution in [0.15, 0.2) is 48.5 Å². The maximum Gasteiger partial charge on any atom is 0.319 e. The number of nitrogens with one attached hydrogen (secondary N) is 3. The highest BCUT2D eigenvalue weighted by Crippen LogP contribution is 2.25. The van der Waals surface area contributed by atoms with E-state index in [9.17, 15) is 9.59 Å². The Kier molecular flexibility index (Phi) is 6.45. The molecule has 3 N–H and O–H groups in total. The van der Waals surface area contributed by atoms with Crippen LogP contribution in [0.2, 0.25) is 5.02 Å². The Hall–Kier alpha value is -2.73. The second-order valence-corrected chi connectivity index (χ2v) is 5.33. The fourth-order valence-electron chi connectivity index (χ4n) is 1.92. The SMILES string of the molecule is CC(=O)Nc1ccc(Cl)c(NC(=O)NCCOc2ccccc2)c1. The van der Waals surface area contributed by atoms with Gasteiger partial charge in [-0.3, -0.25) is 4.79 Å². The molecule has 6 nitrogen and oxygen atoms in total. The molecule has 7 heteroatoms. The summed E-state index contributed by atoms with van der Waals surface area (Å²) in [5.74, 6) is 0.538. The molecule has 0 heterocycles. The van der Waals surface area contributed by atoms with E-state index in [1.165, 1.54) is 6.92 Å². The molecule has 0 spiro atoms. The molecule has 2 rings (SSSR count). The second-order valence-electron chi connectivity index (χ2n) is 4.92. The number of carbonyl (C=O) groups excluding carboxylic acids is 2. The van der Waals surface area contributed by atoms with Crippen molar-refractivity contribution in [1.29, 1.82) is 0 Å². The molecular formula is C17H18ClN3O3. The zero-order chi connectivity index (χ0) is 17.4. The van der Waals surface area contributed by atoms with Crippen LogP contribution in [0.25, 0.3) is 0 Å². The lowest BCUT2D eigenvalue weighted by molar-refractivity contribution is -0.114. The van der Waals surface area contributed by atoms with E-state index in [0.29, 0.717) is 29.5 Å². The van der Waals surface area contributed by atoms with E-state index in [1.807, 2.05) is 30.3 Å². The number of hydrogen-bond donors (Lipinski definition) is 3. The molecule has 0 bridgehead atoms. The van der Waals surface area contributed by atoms with E-state index < -0.39 is 6.03 Å². The molecule has 126 valence electrons. The molecule has 24 heavy (non-hydrogen) atoms. The van der Waals surface area contributed by atoms with Gasteiger partial charge < -0.3 is 20.7 Å². The van der Waals surface area contributed by atoms with E-state index in [0.717, 1.165) is 5.75 Å². The highest BCUT2D eigenvalue weighted by atomic mass is 35.5. The van der Waals surface area contributed by atoms with Crippen LogP contribution in [-0.2, 0) is 4.79 Å². The Bertz CT molecular complexity index is 707. The summed E-state index contributed by atoms with van der Waals surface area (Å²) in [6.45, 7) is 2.09. The van der Waals surface area contributed by atoms with Gasteiger partial charge in [0, 0.05) is 12.6 Å². The number of anilines is 2. The molecular weight excluding hydrogens is 330 g/mol. The standard InChI is InChI=1S/C17H18ClN3O3/c1-12(22)20-13-7-8-15(18)16(11-13)21-17(23)19-9-10-24-14-5-3-2-4-6-14/h2-8,11H,9-10H2,1H3,(H,20,22)(H2,19,21,23). The predicted molar refractivity (Wildman–Crippen MR) is 94.7 cm³/mol. The molecule has 0 radical (unpaired) electrons. The largest absolute Gasteiger partial charge is 0.492 e. The lowest BCUT2D eigenvalue weighted by atomic mass is 10.2. The first kappa shape index (κ1) is 17.6. The fourth-order valence-corrected chi connectivity index (χ4v) is 2.08. The van der Waals surface area contributed by atoms with Gasteiger partial charge in [0.15, 0.2) is 0 Å². The summed E-state index contributed by atoms with van der Waals surface area (Å²) in [5, 5.41) is 8.30. The van der Waals surface area contributed by atoms with Crippen molar-refractivity contribution in [2.24, 2.45) is 0 Å². The van der Waals surface area contributed by atoms with Crippen LogP contribution in [0.5, 0.6) is 5.75 Å². The van der Waals surface area contributed by atoms with Gasteiger partial charge in [-0.2, -0.15) is 0 Å². The van der Waals surface area contributed by atoms with Gasteiger partial charge in [0.05, 0.1) is 17.3 Å². The van der Waals surface area contributed by atoms with E-state index in [2.05, 4.69) is 16.0 Å².